The highest BCUT2D eigenvalue weighted by atomic mass is 79.9. The van der Waals surface area contributed by atoms with Gasteiger partial charge in [0.15, 0.2) is 0 Å². The van der Waals surface area contributed by atoms with Crippen molar-refractivity contribution >= 4 is 27.7 Å². The maximum absolute atomic E-state index is 12.9. The third kappa shape index (κ3) is 2.21. The molecule has 0 fully saturated rings. The predicted octanol–water partition coefficient (Wildman–Crippen LogP) is 1.21. The van der Waals surface area contributed by atoms with E-state index in [4.69, 9.17) is 4.74 Å². The van der Waals surface area contributed by atoms with Crippen molar-refractivity contribution in [2.45, 2.75) is 5.92 Å². The number of carbonyl (C=O) groups is 1. The molecule has 0 spiro atoms. The summed E-state index contributed by atoms with van der Waals surface area (Å²) in [5, 5.41) is 3.05. The second-order valence-corrected chi connectivity index (χ2v) is 6.97. The van der Waals surface area contributed by atoms with Gasteiger partial charge in [-0.05, 0) is 17.7 Å². The fraction of sp³-hybridized carbons (Fsp3) is 0.235. The molecule has 7 nitrogen and oxygen atoms in total. The van der Waals surface area contributed by atoms with Gasteiger partial charge in [-0.15, -0.1) is 0 Å². The highest BCUT2D eigenvalue weighted by Crippen LogP contribution is 2.42. The smallest absolute Gasteiger partial charge is 0.337 e. The van der Waals surface area contributed by atoms with Crippen LogP contribution in [0, 0.1) is 0 Å². The molecule has 3 heterocycles. The second kappa shape index (κ2) is 5.45. The van der Waals surface area contributed by atoms with Crippen LogP contribution in [0.4, 0.5) is 5.82 Å². The van der Waals surface area contributed by atoms with Crippen molar-refractivity contribution in [1.82, 2.24) is 9.13 Å². The molecular formula is C17H14BrN3O4. The number of hydrogen-bond donors (Lipinski definition) is 1. The van der Waals surface area contributed by atoms with Crippen LogP contribution >= 0.6 is 15.9 Å². The van der Waals surface area contributed by atoms with Gasteiger partial charge in [-0.1, -0.05) is 28.1 Å². The van der Waals surface area contributed by atoms with Crippen molar-refractivity contribution in [3.63, 3.8) is 0 Å². The van der Waals surface area contributed by atoms with Crippen LogP contribution < -0.4 is 16.6 Å². The largest absolute Gasteiger partial charge is 0.456 e. The highest BCUT2D eigenvalue weighted by molar-refractivity contribution is 9.10. The fourth-order valence-corrected chi connectivity index (χ4v) is 3.82. The van der Waals surface area contributed by atoms with Gasteiger partial charge < -0.3 is 10.1 Å². The Kier molecular flexibility index (Phi) is 3.47. The van der Waals surface area contributed by atoms with Crippen LogP contribution in [0.5, 0.6) is 0 Å². The first-order valence-corrected chi connectivity index (χ1v) is 8.42. The number of halogens is 1. The van der Waals surface area contributed by atoms with Crippen LogP contribution in [-0.2, 0) is 23.6 Å². The molecule has 0 amide bonds. The molecule has 25 heavy (non-hydrogen) atoms. The van der Waals surface area contributed by atoms with E-state index in [0.29, 0.717) is 22.7 Å². The SMILES string of the molecule is Cn1c2c(c(=O)n(C)c1=O)[C@H](c1cccc(Br)c1)C1=C(COC1=O)N2. The summed E-state index contributed by atoms with van der Waals surface area (Å²) in [6, 6.07) is 7.42. The summed E-state index contributed by atoms with van der Waals surface area (Å²) in [5.41, 5.74) is 1.28. The monoisotopic (exact) mass is 403 g/mol. The Morgan fingerprint density at radius 3 is 2.68 bits per heavy atom. The molecule has 128 valence electrons. The Hall–Kier alpha value is -2.61. The molecule has 0 unspecified atom stereocenters. The van der Waals surface area contributed by atoms with E-state index in [1.54, 1.807) is 7.05 Å². The Labute approximate surface area is 150 Å². The van der Waals surface area contributed by atoms with E-state index >= 15 is 0 Å². The van der Waals surface area contributed by atoms with Gasteiger partial charge in [0.2, 0.25) is 0 Å². The Balaban J connectivity index is 2.10. The van der Waals surface area contributed by atoms with Gasteiger partial charge in [-0.3, -0.25) is 13.9 Å². The first-order valence-electron chi connectivity index (χ1n) is 7.62. The quantitative estimate of drug-likeness (QED) is 0.723. The van der Waals surface area contributed by atoms with Crippen LogP contribution in [0.1, 0.15) is 17.0 Å². The number of nitrogens with one attached hydrogen (secondary N) is 1. The maximum Gasteiger partial charge on any atom is 0.337 e. The minimum atomic E-state index is -0.593. The van der Waals surface area contributed by atoms with Crippen molar-refractivity contribution in [2.24, 2.45) is 14.1 Å². The molecular weight excluding hydrogens is 390 g/mol. The lowest BCUT2D eigenvalue weighted by Gasteiger charge is -2.28. The summed E-state index contributed by atoms with van der Waals surface area (Å²) in [6.45, 7) is 0.0987. The molecule has 2 aromatic rings. The van der Waals surface area contributed by atoms with E-state index < -0.39 is 23.1 Å². The van der Waals surface area contributed by atoms with Gasteiger partial charge >= 0.3 is 11.7 Å². The lowest BCUT2D eigenvalue weighted by Crippen LogP contribution is -2.43. The number of anilines is 1. The van der Waals surface area contributed by atoms with Crippen LogP contribution in [0.3, 0.4) is 0 Å². The second-order valence-electron chi connectivity index (χ2n) is 6.05. The third-order valence-electron chi connectivity index (χ3n) is 4.62. The number of carbonyl (C=O) groups excluding carboxylic acids is 1. The summed E-state index contributed by atoms with van der Waals surface area (Å²) >= 11 is 3.43. The first kappa shape index (κ1) is 15.9. The number of hydrogen-bond acceptors (Lipinski definition) is 5. The zero-order valence-electron chi connectivity index (χ0n) is 13.5. The summed E-state index contributed by atoms with van der Waals surface area (Å²) in [4.78, 5) is 37.5. The minimum absolute atomic E-state index is 0.0987. The van der Waals surface area contributed by atoms with Gasteiger partial charge in [0.05, 0.1) is 22.8 Å². The number of nitrogens with zero attached hydrogens (tertiary/aromatic N) is 2. The lowest BCUT2D eigenvalue weighted by molar-refractivity contribution is -0.136. The number of aromatic nitrogens is 2. The van der Waals surface area contributed by atoms with Crippen molar-refractivity contribution in [3.05, 3.63) is 72.0 Å². The fourth-order valence-electron chi connectivity index (χ4n) is 3.40. The van der Waals surface area contributed by atoms with Crippen molar-refractivity contribution in [1.29, 1.82) is 0 Å². The normalized spacial score (nSPS) is 18.5. The van der Waals surface area contributed by atoms with Gasteiger partial charge in [0.1, 0.15) is 12.4 Å². The summed E-state index contributed by atoms with van der Waals surface area (Å²) in [6.07, 6.45) is 0. The molecule has 1 N–H and O–H groups in total. The van der Waals surface area contributed by atoms with Crippen LogP contribution in [-0.4, -0.2) is 21.7 Å². The van der Waals surface area contributed by atoms with Crippen molar-refractivity contribution in [3.8, 4) is 0 Å². The number of rotatable bonds is 1. The van der Waals surface area contributed by atoms with Crippen LogP contribution in [0.2, 0.25) is 0 Å². The van der Waals surface area contributed by atoms with E-state index in [1.165, 1.54) is 11.6 Å². The number of benzene rings is 1. The molecule has 1 aromatic carbocycles. The van der Waals surface area contributed by atoms with E-state index in [-0.39, 0.29) is 6.61 Å². The number of esters is 1. The molecule has 1 aromatic heterocycles. The maximum atomic E-state index is 12.9. The standard InChI is InChI=1S/C17H14BrN3O4/c1-20-14-13(15(22)21(2)17(20)24)11(8-4-3-5-9(18)6-8)12-10(19-14)7-25-16(12)23/h3-6,11,19H,7H2,1-2H3/t11-/m1/s1. The van der Waals surface area contributed by atoms with Gasteiger partial charge in [0.25, 0.3) is 5.56 Å². The Morgan fingerprint density at radius 2 is 1.96 bits per heavy atom. The molecule has 0 saturated heterocycles. The summed E-state index contributed by atoms with van der Waals surface area (Å²) in [7, 11) is 3.02. The molecule has 2 aliphatic rings. The molecule has 0 saturated carbocycles. The number of ether oxygens (including phenoxy) is 1. The minimum Gasteiger partial charge on any atom is -0.456 e. The van der Waals surface area contributed by atoms with Crippen LogP contribution in [0.25, 0.3) is 0 Å². The average Bonchev–Trinajstić information content (AvgIpc) is 2.97. The van der Waals surface area contributed by atoms with E-state index in [1.807, 2.05) is 24.3 Å². The summed E-state index contributed by atoms with van der Waals surface area (Å²) < 4.78 is 8.44. The molecule has 4 rings (SSSR count). The molecule has 0 aliphatic carbocycles. The Morgan fingerprint density at radius 1 is 1.20 bits per heavy atom. The van der Waals surface area contributed by atoms with E-state index in [9.17, 15) is 14.4 Å². The molecule has 2 aliphatic heterocycles. The van der Waals surface area contributed by atoms with E-state index in [0.717, 1.165) is 14.6 Å². The van der Waals surface area contributed by atoms with Gasteiger partial charge in [-0.2, -0.15) is 0 Å². The van der Waals surface area contributed by atoms with Gasteiger partial charge in [-0.25, -0.2) is 9.59 Å². The molecule has 8 heteroatoms. The first-order chi connectivity index (χ1) is 11.9. The number of cyclic esters (lactones) is 1. The summed E-state index contributed by atoms with van der Waals surface area (Å²) in [5.74, 6) is -0.645. The molecule has 0 radical (unpaired) electrons. The third-order valence-corrected chi connectivity index (χ3v) is 5.11. The Bertz CT molecular complexity index is 1080. The average molecular weight is 404 g/mol. The number of fused-ring (bicyclic) bond motifs is 1. The highest BCUT2D eigenvalue weighted by Gasteiger charge is 2.41. The zero-order chi connectivity index (χ0) is 17.9. The lowest BCUT2D eigenvalue weighted by atomic mass is 9.83. The van der Waals surface area contributed by atoms with Crippen molar-refractivity contribution in [2.75, 3.05) is 11.9 Å². The van der Waals surface area contributed by atoms with E-state index in [2.05, 4.69) is 21.2 Å². The molecule has 1 atom stereocenters. The zero-order valence-corrected chi connectivity index (χ0v) is 15.1. The topological polar surface area (TPSA) is 82.3 Å². The predicted molar refractivity (Wildman–Crippen MR) is 94.5 cm³/mol. The van der Waals surface area contributed by atoms with Crippen molar-refractivity contribution < 1.29 is 9.53 Å². The molecule has 0 bridgehead atoms. The van der Waals surface area contributed by atoms with Gasteiger partial charge in [0, 0.05) is 18.6 Å². The van der Waals surface area contributed by atoms with Crippen LogP contribution in [0.15, 0.2) is 49.6 Å².